The van der Waals surface area contributed by atoms with Crippen LogP contribution in [0.15, 0.2) is 170 Å². The highest BCUT2D eigenvalue weighted by molar-refractivity contribution is 7.17. The molecule has 0 fully saturated rings. The molecule has 0 radical (unpaired) electrons. The van der Waals surface area contributed by atoms with Crippen molar-refractivity contribution in [3.05, 3.63) is 275 Å². The van der Waals surface area contributed by atoms with E-state index in [1.54, 1.807) is 54.3 Å². The Labute approximate surface area is 648 Å². The summed E-state index contributed by atoms with van der Waals surface area (Å²) >= 11 is 31.6. The Kier molecular flexibility index (Phi) is 29.9. The van der Waals surface area contributed by atoms with Gasteiger partial charge >= 0.3 is 0 Å². The van der Waals surface area contributed by atoms with Gasteiger partial charge in [-0.05, 0) is 181 Å². The highest BCUT2D eigenvalue weighted by atomic mass is 35.5. The van der Waals surface area contributed by atoms with Gasteiger partial charge in [-0.3, -0.25) is 4.79 Å². The lowest BCUT2D eigenvalue weighted by Gasteiger charge is -2.15. The Morgan fingerprint density at radius 2 is 0.764 bits per heavy atom. The number of rotatable bonds is 15. The number of anilines is 13. The second-order valence-electron chi connectivity index (χ2n) is 24.6. The maximum Gasteiger partial charge on any atom is 0.162 e. The van der Waals surface area contributed by atoms with Gasteiger partial charge in [-0.15, -0.1) is 11.3 Å². The van der Waals surface area contributed by atoms with Crippen molar-refractivity contribution in [1.29, 1.82) is 0 Å². The molecule has 6 N–H and O–H groups in total. The first-order chi connectivity index (χ1) is 50.6. The first-order valence-electron chi connectivity index (χ1n) is 33.5. The lowest BCUT2D eigenvalue weighted by atomic mass is 10.1. The molecule has 6 aromatic carbocycles. The third kappa shape index (κ3) is 24.5. The van der Waals surface area contributed by atoms with Crippen LogP contribution in [0.2, 0.25) is 25.1 Å². The highest BCUT2D eigenvalue weighted by Crippen LogP contribution is 2.35. The summed E-state index contributed by atoms with van der Waals surface area (Å²) in [7, 11) is 4.05. The minimum absolute atomic E-state index is 0.138. The van der Waals surface area contributed by atoms with E-state index in [1.165, 1.54) is 10.1 Å². The first kappa shape index (κ1) is 81.2. The zero-order valence-corrected chi connectivity index (χ0v) is 66.5. The normalized spacial score (nSPS) is 10.4. The molecular formula is C80H84Cl5N19OS. The molecule has 7 heterocycles. The fourth-order valence-corrected chi connectivity index (χ4v) is 11.4. The Balaban J connectivity index is 0.000000161. The number of carbonyl (C=O) groups excluding carboxylic acids is 1. The molecular weight excluding hydrogens is 1450 g/mol. The molecule has 106 heavy (non-hydrogen) atoms. The van der Waals surface area contributed by atoms with E-state index in [-0.39, 0.29) is 5.78 Å². The van der Waals surface area contributed by atoms with E-state index in [9.17, 15) is 4.79 Å². The third-order valence-electron chi connectivity index (χ3n) is 15.5. The number of Topliss-reactive ketones (excluding diaryl/α,β-unsaturated/α-hetero) is 1. The van der Waals surface area contributed by atoms with E-state index in [1.807, 2.05) is 196 Å². The lowest BCUT2D eigenvalue weighted by molar-refractivity contribution is 0.0988. The van der Waals surface area contributed by atoms with E-state index in [0.717, 1.165) is 143 Å². The van der Waals surface area contributed by atoms with Gasteiger partial charge in [-0.25, -0.2) is 59.8 Å². The summed E-state index contributed by atoms with van der Waals surface area (Å²) in [5.74, 6) is 9.44. The predicted octanol–water partition coefficient (Wildman–Crippen LogP) is 22.5. The van der Waals surface area contributed by atoms with Crippen LogP contribution in [0.4, 0.5) is 74.7 Å². The van der Waals surface area contributed by atoms with Gasteiger partial charge in [-0.2, -0.15) is 0 Å². The minimum atomic E-state index is 0.138. The molecule has 546 valence electrons. The zero-order valence-electron chi connectivity index (χ0n) is 61.9. The number of benzene rings is 6. The predicted molar refractivity (Wildman–Crippen MR) is 442 cm³/mol. The van der Waals surface area contributed by atoms with E-state index in [0.29, 0.717) is 43.2 Å². The van der Waals surface area contributed by atoms with Crippen molar-refractivity contribution in [2.45, 2.75) is 103 Å². The van der Waals surface area contributed by atoms with Gasteiger partial charge in [0.25, 0.3) is 0 Å². The topological polar surface area (TPSA) is 247 Å². The smallest absolute Gasteiger partial charge is 0.162 e. The van der Waals surface area contributed by atoms with Gasteiger partial charge in [0, 0.05) is 151 Å². The number of thiophene rings is 1. The number of hydrogen-bond donors (Lipinski definition) is 6. The van der Waals surface area contributed by atoms with E-state index in [2.05, 4.69) is 138 Å². The molecule has 0 spiro atoms. The number of nitrogens with one attached hydrogen (secondary N) is 6. The van der Waals surface area contributed by atoms with Gasteiger partial charge in [0.15, 0.2) is 5.78 Å². The fourth-order valence-electron chi connectivity index (χ4n) is 9.55. The number of hydrogen-bond acceptors (Lipinski definition) is 21. The van der Waals surface area contributed by atoms with Crippen molar-refractivity contribution in [1.82, 2.24) is 59.8 Å². The molecule has 0 atom stereocenters. The van der Waals surface area contributed by atoms with Crippen LogP contribution in [0.3, 0.4) is 0 Å². The summed E-state index contributed by atoms with van der Waals surface area (Å²) in [6, 6.07) is 40.6. The number of nitrogens with zero attached hydrogens (tertiary/aromatic N) is 13. The number of aryl methyl sites for hydroxylation is 13. The standard InChI is InChI=1S/C15H17N3O.C14H18N4.C14H13N3S.C13H13Cl2N3.C12H11Cl2N3.C12H12ClN3/c1-4-14(19)12-6-5-7-13(8-12)18-15-10(2)9-16-11(3)17-15;1-10-9-15-11(2)16-14(10)17-12-6-5-7-13(8-12)18(3)4;1-9-7-15-10(2)16-14(9)17-12-8-18-13-6-4-3-5-11(12)13;1-7-4-12(11(15)5-10(7)14)18-13-8(2)6-16-9(3)17-13;1-7-6-15-8(2)16-12(7)17-9-3-4-10(13)11(14)5-9;1-8-7-14-9(2)15-12(8)16-11-5-3-4-10(13)6-11/h5-9H,4H2,1-3H3,(H,16,17,18);5-9H,1-4H3,(H,15,16,17);3-8H,1-2H3,(H,15,16,17);4-6H,1-3H3,(H,16,17,18);3-6H,1-2H3,(H,15,16,17);3-7H,1-2H3,(H,14,15,16). The monoisotopic (exact) mass is 1530 g/mol. The molecule has 0 aliphatic heterocycles. The van der Waals surface area contributed by atoms with Crippen molar-refractivity contribution in [2.24, 2.45) is 0 Å². The van der Waals surface area contributed by atoms with Crippen molar-refractivity contribution < 1.29 is 4.79 Å². The highest BCUT2D eigenvalue weighted by Gasteiger charge is 2.13. The first-order valence-corrected chi connectivity index (χ1v) is 36.3. The average Bonchev–Trinajstić information content (AvgIpc) is 1.66. The summed E-state index contributed by atoms with van der Waals surface area (Å²) in [5, 5.41) is 25.9. The number of fused-ring (bicyclic) bond motifs is 1. The van der Waals surface area contributed by atoms with Crippen LogP contribution in [0.25, 0.3) is 10.1 Å². The largest absolute Gasteiger partial charge is 0.378 e. The van der Waals surface area contributed by atoms with Crippen molar-refractivity contribution >= 4 is 160 Å². The van der Waals surface area contributed by atoms with Gasteiger partial charge in [0.1, 0.15) is 69.9 Å². The number of carbonyl (C=O) groups is 1. The lowest BCUT2D eigenvalue weighted by Crippen LogP contribution is -2.08. The molecule has 0 bridgehead atoms. The average molecular weight is 1540 g/mol. The second-order valence-corrected chi connectivity index (χ2v) is 27.6. The van der Waals surface area contributed by atoms with Crippen LogP contribution >= 0.6 is 69.3 Å². The Morgan fingerprint density at radius 1 is 0.368 bits per heavy atom. The molecule has 0 unspecified atom stereocenters. The Morgan fingerprint density at radius 3 is 1.20 bits per heavy atom. The summed E-state index contributed by atoms with van der Waals surface area (Å²) < 4.78 is 1.28. The summed E-state index contributed by atoms with van der Waals surface area (Å²) in [4.78, 5) is 64.8. The number of halogens is 5. The molecule has 0 saturated heterocycles. The van der Waals surface area contributed by atoms with Crippen molar-refractivity contribution in [3.63, 3.8) is 0 Å². The molecule has 13 rings (SSSR count). The fraction of sp³-hybridized carbons (Fsp3) is 0.212. The maximum atomic E-state index is 11.7. The molecule has 0 aliphatic rings. The third-order valence-corrected chi connectivity index (χ3v) is 18.1. The number of ketones is 1. The minimum Gasteiger partial charge on any atom is -0.378 e. The van der Waals surface area contributed by atoms with Crippen LogP contribution in [0.1, 0.15) is 97.6 Å². The van der Waals surface area contributed by atoms with Crippen LogP contribution in [-0.2, 0) is 0 Å². The van der Waals surface area contributed by atoms with Crippen molar-refractivity contribution in [3.8, 4) is 0 Å². The van der Waals surface area contributed by atoms with Gasteiger partial charge in [-0.1, -0.05) is 107 Å². The van der Waals surface area contributed by atoms with E-state index in [4.69, 9.17) is 58.0 Å². The van der Waals surface area contributed by atoms with Gasteiger partial charge in [0.2, 0.25) is 0 Å². The summed E-state index contributed by atoms with van der Waals surface area (Å²) in [5.41, 5.74) is 14.4. The Bertz CT molecular complexity index is 5180. The number of aromatic nitrogens is 12. The molecule has 26 heteroatoms. The van der Waals surface area contributed by atoms with Gasteiger partial charge in [0.05, 0.1) is 26.4 Å². The molecule has 0 amide bonds. The molecule has 0 aliphatic carbocycles. The van der Waals surface area contributed by atoms with Crippen LogP contribution in [0.5, 0.6) is 0 Å². The van der Waals surface area contributed by atoms with Crippen molar-refractivity contribution in [2.75, 3.05) is 50.9 Å². The molecule has 0 saturated carbocycles. The van der Waals surface area contributed by atoms with Crippen LogP contribution in [-0.4, -0.2) is 79.7 Å². The van der Waals surface area contributed by atoms with Gasteiger partial charge < -0.3 is 36.8 Å². The van der Waals surface area contributed by atoms with Crippen LogP contribution in [0, 0.1) is 90.0 Å². The summed E-state index contributed by atoms with van der Waals surface area (Å²) in [6.07, 6.45) is 11.3. The zero-order chi connectivity index (χ0) is 76.7. The molecule has 13 aromatic rings. The quantitative estimate of drug-likeness (QED) is 0.0522. The molecule has 20 nitrogen and oxygen atoms in total. The molecule has 7 aromatic heterocycles. The van der Waals surface area contributed by atoms with E-state index >= 15 is 0 Å². The van der Waals surface area contributed by atoms with E-state index < -0.39 is 0 Å². The SMILES string of the molecule is CCC(=O)c1cccc(Nc2nc(C)ncc2C)c1.Cc1ncc(C)c(Nc2cc(C)c(Cl)cc2Cl)n1.Cc1ncc(C)c(Nc2ccc(Cl)c(Cl)c2)n1.Cc1ncc(C)c(Nc2cccc(Cl)c2)n1.Cc1ncc(C)c(Nc2cccc(N(C)C)c2)n1.Cc1ncc(C)c(Nc2csc3ccccc23)n1. The maximum absolute atomic E-state index is 11.7. The van der Waals surface area contributed by atoms with Crippen LogP contribution < -0.4 is 36.8 Å². The summed E-state index contributed by atoms with van der Waals surface area (Å²) in [6.45, 7) is 26.8. The second kappa shape index (κ2) is 39.0. The Hall–Kier alpha value is -10.5.